The van der Waals surface area contributed by atoms with E-state index >= 15 is 0 Å². The van der Waals surface area contributed by atoms with Gasteiger partial charge in [0.15, 0.2) is 17.3 Å². The molecule has 0 saturated carbocycles. The number of alkyl halides is 2. The van der Waals surface area contributed by atoms with Crippen molar-refractivity contribution in [2.24, 2.45) is 0 Å². The van der Waals surface area contributed by atoms with Crippen molar-refractivity contribution < 1.29 is 27.8 Å². The highest BCUT2D eigenvalue weighted by Gasteiger charge is 2.43. The summed E-state index contributed by atoms with van der Waals surface area (Å²) in [6.07, 6.45) is -3.70. The van der Waals surface area contributed by atoms with Gasteiger partial charge in [-0.3, -0.25) is 9.78 Å². The molecular weight excluding hydrogens is 412 g/mol. The van der Waals surface area contributed by atoms with Crippen LogP contribution >= 0.6 is 0 Å². The summed E-state index contributed by atoms with van der Waals surface area (Å²) in [5.41, 5.74) is 2.70. The molecule has 3 heterocycles. The second-order valence-corrected chi connectivity index (χ2v) is 6.81. The number of nitrogens with one attached hydrogen (secondary N) is 1. The number of aromatic nitrogens is 4. The minimum absolute atomic E-state index is 0.0697. The molecule has 0 bridgehead atoms. The van der Waals surface area contributed by atoms with Gasteiger partial charge in [-0.25, -0.2) is 4.68 Å². The topological polar surface area (TPSA) is 100 Å². The maximum Gasteiger partial charge on any atom is 0.586 e. The van der Waals surface area contributed by atoms with Crippen LogP contribution < -0.4 is 14.8 Å². The molecule has 0 aliphatic carbocycles. The van der Waals surface area contributed by atoms with Crippen LogP contribution in [0.15, 0.2) is 30.3 Å². The number of nitrogens with zero attached hydrogens (tertiary/aromatic N) is 4. The third-order valence-electron chi connectivity index (χ3n) is 4.25. The molecule has 0 fully saturated rings. The summed E-state index contributed by atoms with van der Waals surface area (Å²) in [6, 6.07) is 7.87. The lowest BCUT2D eigenvalue weighted by atomic mass is 10.2. The number of ether oxygens (including phenoxy) is 3. The van der Waals surface area contributed by atoms with Crippen LogP contribution in [0, 0.1) is 13.8 Å². The molecule has 0 radical (unpaired) electrons. The second kappa shape index (κ2) is 7.82. The fourth-order valence-corrected chi connectivity index (χ4v) is 3.17. The zero-order chi connectivity index (χ0) is 22.2. The summed E-state index contributed by atoms with van der Waals surface area (Å²) in [5.74, 6) is -0.0529. The summed E-state index contributed by atoms with van der Waals surface area (Å²) in [5, 5.41) is 7.27. The van der Waals surface area contributed by atoms with Crippen molar-refractivity contribution in [2.75, 3.05) is 11.9 Å². The Morgan fingerprint density at radius 3 is 2.55 bits per heavy atom. The van der Waals surface area contributed by atoms with E-state index in [2.05, 4.69) is 29.9 Å². The Balaban J connectivity index is 1.66. The predicted molar refractivity (Wildman–Crippen MR) is 105 cm³/mol. The number of carbonyl (C=O) groups excluding carboxylic acids is 1. The Labute approximate surface area is 176 Å². The number of anilines is 2. The minimum Gasteiger partial charge on any atom is -0.465 e. The molecule has 0 saturated heterocycles. The molecular formula is C20H19F2N5O4. The average molecular weight is 431 g/mol. The number of esters is 1. The molecule has 4 rings (SSSR count). The molecule has 0 unspecified atom stereocenters. The van der Waals surface area contributed by atoms with Crippen molar-refractivity contribution in [1.82, 2.24) is 19.7 Å². The fourth-order valence-electron chi connectivity index (χ4n) is 3.17. The molecule has 0 spiro atoms. The van der Waals surface area contributed by atoms with Crippen molar-refractivity contribution in [3.63, 3.8) is 0 Å². The first-order valence-electron chi connectivity index (χ1n) is 9.45. The van der Waals surface area contributed by atoms with Crippen LogP contribution in [0.25, 0.3) is 11.4 Å². The Kier molecular flexibility index (Phi) is 5.17. The van der Waals surface area contributed by atoms with E-state index in [1.807, 2.05) is 26.0 Å². The van der Waals surface area contributed by atoms with Crippen LogP contribution in [0.3, 0.4) is 0 Å². The van der Waals surface area contributed by atoms with Crippen LogP contribution in [0.2, 0.25) is 0 Å². The van der Waals surface area contributed by atoms with Crippen molar-refractivity contribution in [2.45, 2.75) is 33.6 Å². The van der Waals surface area contributed by atoms with Crippen LogP contribution in [-0.2, 0) is 16.1 Å². The van der Waals surface area contributed by atoms with Crippen LogP contribution in [-0.4, -0.2) is 38.6 Å². The summed E-state index contributed by atoms with van der Waals surface area (Å²) >= 11 is 0. The number of aryl methyl sites for hydroxylation is 2. The van der Waals surface area contributed by atoms with Gasteiger partial charge in [-0.05, 0) is 45.0 Å². The van der Waals surface area contributed by atoms with Gasteiger partial charge >= 0.3 is 12.3 Å². The van der Waals surface area contributed by atoms with Crippen LogP contribution in [0.5, 0.6) is 11.5 Å². The highest BCUT2D eigenvalue weighted by Crippen LogP contribution is 2.42. The number of hydrogen-bond donors (Lipinski definition) is 1. The molecule has 2 aromatic heterocycles. The lowest BCUT2D eigenvalue weighted by molar-refractivity contribution is -0.286. The predicted octanol–water partition coefficient (Wildman–Crippen LogP) is 3.59. The normalized spacial score (nSPS) is 13.8. The first-order chi connectivity index (χ1) is 14.7. The Morgan fingerprint density at radius 1 is 1.13 bits per heavy atom. The molecule has 1 aromatic carbocycles. The van der Waals surface area contributed by atoms with Gasteiger partial charge in [-0.2, -0.15) is 4.98 Å². The fraction of sp³-hybridized carbons (Fsp3) is 0.300. The maximum atomic E-state index is 13.2. The molecule has 1 N–H and O–H groups in total. The highest BCUT2D eigenvalue weighted by atomic mass is 19.3. The number of fused-ring (bicyclic) bond motifs is 1. The van der Waals surface area contributed by atoms with E-state index in [0.29, 0.717) is 11.5 Å². The third-order valence-corrected chi connectivity index (χ3v) is 4.25. The molecule has 9 nitrogen and oxygen atoms in total. The molecule has 31 heavy (non-hydrogen) atoms. The van der Waals surface area contributed by atoms with Gasteiger partial charge in [-0.1, -0.05) is 0 Å². The van der Waals surface area contributed by atoms with Crippen molar-refractivity contribution in [3.8, 4) is 22.9 Å². The monoisotopic (exact) mass is 431 g/mol. The van der Waals surface area contributed by atoms with Gasteiger partial charge in [-0.15, -0.1) is 13.9 Å². The van der Waals surface area contributed by atoms with E-state index in [0.717, 1.165) is 17.0 Å². The minimum atomic E-state index is -3.70. The molecule has 11 heteroatoms. The SMILES string of the molecule is CCOC(=O)Cn1nc(Nc2ccc3c(c2)OC(F)(F)O3)nc1-c1cc(C)nc(C)c1. The van der Waals surface area contributed by atoms with Crippen LogP contribution in [0.1, 0.15) is 18.3 Å². The zero-order valence-corrected chi connectivity index (χ0v) is 17.0. The van der Waals surface area contributed by atoms with Gasteiger partial charge < -0.3 is 19.5 Å². The third kappa shape index (κ3) is 4.55. The van der Waals surface area contributed by atoms with Crippen molar-refractivity contribution in [1.29, 1.82) is 0 Å². The smallest absolute Gasteiger partial charge is 0.465 e. The molecule has 0 amide bonds. The Morgan fingerprint density at radius 2 is 1.84 bits per heavy atom. The van der Waals surface area contributed by atoms with E-state index in [-0.39, 0.29) is 30.6 Å². The molecule has 0 atom stereocenters. The van der Waals surface area contributed by atoms with E-state index in [9.17, 15) is 13.6 Å². The molecule has 1 aliphatic heterocycles. The average Bonchev–Trinajstić information content (AvgIpc) is 3.19. The van der Waals surface area contributed by atoms with Gasteiger partial charge in [0, 0.05) is 28.7 Å². The molecule has 3 aromatic rings. The Bertz CT molecular complexity index is 1130. The first kappa shape index (κ1) is 20.5. The maximum absolute atomic E-state index is 13.2. The highest BCUT2D eigenvalue weighted by molar-refractivity contribution is 5.71. The summed E-state index contributed by atoms with van der Waals surface area (Å²) < 4.78 is 41.8. The van der Waals surface area contributed by atoms with E-state index in [1.54, 1.807) is 6.92 Å². The first-order valence-corrected chi connectivity index (χ1v) is 9.45. The zero-order valence-electron chi connectivity index (χ0n) is 17.0. The van der Waals surface area contributed by atoms with E-state index < -0.39 is 12.3 Å². The van der Waals surface area contributed by atoms with Gasteiger partial charge in [0.05, 0.1) is 6.61 Å². The van der Waals surface area contributed by atoms with Crippen molar-refractivity contribution in [3.05, 3.63) is 41.7 Å². The largest absolute Gasteiger partial charge is 0.586 e. The number of hydrogen-bond acceptors (Lipinski definition) is 8. The van der Waals surface area contributed by atoms with E-state index in [1.165, 1.54) is 22.9 Å². The standard InChI is InChI=1S/C20H19F2N5O4/c1-4-29-17(28)10-27-18(13-7-11(2)23-12(3)8-13)25-19(26-27)24-14-5-6-15-16(9-14)31-20(21,22)30-15/h5-9H,4,10H2,1-3H3,(H,24,26). The van der Waals surface area contributed by atoms with Gasteiger partial charge in [0.1, 0.15) is 6.54 Å². The lowest BCUT2D eigenvalue weighted by Gasteiger charge is -2.07. The molecule has 1 aliphatic rings. The number of pyridine rings is 1. The number of benzene rings is 1. The molecule has 162 valence electrons. The summed E-state index contributed by atoms with van der Waals surface area (Å²) in [6.45, 7) is 5.51. The van der Waals surface area contributed by atoms with Gasteiger partial charge in [0.25, 0.3) is 0 Å². The number of carbonyl (C=O) groups is 1. The Hall–Kier alpha value is -3.76. The number of halogens is 2. The summed E-state index contributed by atoms with van der Waals surface area (Å²) in [4.78, 5) is 20.9. The van der Waals surface area contributed by atoms with Gasteiger partial charge in [0.2, 0.25) is 5.95 Å². The van der Waals surface area contributed by atoms with E-state index in [4.69, 9.17) is 4.74 Å². The quantitative estimate of drug-likeness (QED) is 0.591. The summed E-state index contributed by atoms with van der Waals surface area (Å²) in [7, 11) is 0. The van der Waals surface area contributed by atoms with Crippen LogP contribution in [0.4, 0.5) is 20.4 Å². The lowest BCUT2D eigenvalue weighted by Crippen LogP contribution is -2.25. The number of rotatable bonds is 6. The second-order valence-electron chi connectivity index (χ2n) is 6.81. The van der Waals surface area contributed by atoms with Crippen molar-refractivity contribution >= 4 is 17.6 Å².